The molecule has 124 valence electrons. The van der Waals surface area contributed by atoms with E-state index in [0.717, 1.165) is 29.7 Å². The van der Waals surface area contributed by atoms with E-state index in [1.807, 2.05) is 24.3 Å². The molecule has 4 rings (SSSR count). The third kappa shape index (κ3) is 2.88. The Kier molecular flexibility index (Phi) is 3.96. The van der Waals surface area contributed by atoms with Gasteiger partial charge in [0, 0.05) is 29.7 Å². The van der Waals surface area contributed by atoms with Crippen LogP contribution in [-0.2, 0) is 4.74 Å². The van der Waals surface area contributed by atoms with Gasteiger partial charge in [-0.1, -0.05) is 12.1 Å². The van der Waals surface area contributed by atoms with Gasteiger partial charge < -0.3 is 14.7 Å². The predicted molar refractivity (Wildman–Crippen MR) is 96.6 cm³/mol. The number of morpholine rings is 1. The van der Waals surface area contributed by atoms with E-state index >= 15 is 0 Å². The Morgan fingerprint density at radius 2 is 1.88 bits per heavy atom. The number of anilines is 1. The maximum absolute atomic E-state index is 10.1. The monoisotopic (exact) mass is 331 g/mol. The third-order valence-electron chi connectivity index (χ3n) is 4.47. The molecule has 1 fully saturated rings. The van der Waals surface area contributed by atoms with Gasteiger partial charge in [-0.15, -0.1) is 0 Å². The summed E-state index contributed by atoms with van der Waals surface area (Å²) in [7, 11) is 0. The molecule has 0 bridgehead atoms. The minimum Gasteiger partial charge on any atom is -0.507 e. The van der Waals surface area contributed by atoms with E-state index in [1.54, 1.807) is 24.3 Å². The number of para-hydroxylation sites is 1. The van der Waals surface area contributed by atoms with E-state index in [-0.39, 0.29) is 5.75 Å². The average molecular weight is 331 g/mol. The zero-order chi connectivity index (χ0) is 17.2. The summed E-state index contributed by atoms with van der Waals surface area (Å²) in [5.74, 6) is 0.156. The number of pyridine rings is 1. The van der Waals surface area contributed by atoms with Crippen LogP contribution in [-0.4, -0.2) is 36.4 Å². The molecule has 3 aromatic rings. The SMILES string of the molecule is N#Cc1cc(-c2ccccc2O)nc2ccc(N3CCOCC3)cc12. The summed E-state index contributed by atoms with van der Waals surface area (Å²) in [6, 6.07) is 17.0. The van der Waals surface area contributed by atoms with E-state index in [1.165, 1.54) is 0 Å². The number of nitrogens with zero attached hydrogens (tertiary/aromatic N) is 3. The van der Waals surface area contributed by atoms with Gasteiger partial charge in [-0.2, -0.15) is 5.26 Å². The highest BCUT2D eigenvalue weighted by atomic mass is 16.5. The van der Waals surface area contributed by atoms with E-state index < -0.39 is 0 Å². The lowest BCUT2D eigenvalue weighted by Gasteiger charge is -2.29. The van der Waals surface area contributed by atoms with Crippen molar-refractivity contribution in [2.45, 2.75) is 0 Å². The molecule has 25 heavy (non-hydrogen) atoms. The number of phenolic OH excluding ortho intramolecular Hbond substituents is 1. The van der Waals surface area contributed by atoms with Gasteiger partial charge >= 0.3 is 0 Å². The molecule has 1 aliphatic rings. The largest absolute Gasteiger partial charge is 0.507 e. The van der Waals surface area contributed by atoms with Gasteiger partial charge in [0.15, 0.2) is 0 Å². The minimum atomic E-state index is 0.156. The number of aromatic hydroxyl groups is 1. The van der Waals surface area contributed by atoms with Crippen molar-refractivity contribution in [2.75, 3.05) is 31.2 Å². The van der Waals surface area contributed by atoms with Crippen molar-refractivity contribution in [3.05, 3.63) is 54.1 Å². The van der Waals surface area contributed by atoms with Crippen LogP contribution >= 0.6 is 0 Å². The summed E-state index contributed by atoms with van der Waals surface area (Å²) in [5, 5.41) is 20.5. The first-order valence-corrected chi connectivity index (χ1v) is 8.22. The Morgan fingerprint density at radius 1 is 1.08 bits per heavy atom. The maximum atomic E-state index is 10.1. The fourth-order valence-corrected chi connectivity index (χ4v) is 3.15. The number of fused-ring (bicyclic) bond motifs is 1. The van der Waals surface area contributed by atoms with Crippen LogP contribution < -0.4 is 4.90 Å². The lowest BCUT2D eigenvalue weighted by Crippen LogP contribution is -2.36. The molecule has 0 aliphatic carbocycles. The van der Waals surface area contributed by atoms with Crippen LogP contribution in [0.25, 0.3) is 22.2 Å². The number of hydrogen-bond acceptors (Lipinski definition) is 5. The number of hydrogen-bond donors (Lipinski definition) is 1. The molecule has 0 unspecified atom stereocenters. The van der Waals surface area contributed by atoms with Crippen molar-refractivity contribution in [3.8, 4) is 23.1 Å². The Labute approximate surface area is 145 Å². The summed E-state index contributed by atoms with van der Waals surface area (Å²) in [4.78, 5) is 6.90. The first-order chi connectivity index (χ1) is 12.3. The molecule has 0 amide bonds. The summed E-state index contributed by atoms with van der Waals surface area (Å²) in [6.07, 6.45) is 0. The highest BCUT2D eigenvalue weighted by molar-refractivity contribution is 5.90. The van der Waals surface area contributed by atoms with Crippen molar-refractivity contribution in [1.29, 1.82) is 5.26 Å². The third-order valence-corrected chi connectivity index (χ3v) is 4.47. The van der Waals surface area contributed by atoms with Crippen LogP contribution in [0.4, 0.5) is 5.69 Å². The molecule has 0 atom stereocenters. The first-order valence-electron chi connectivity index (χ1n) is 8.22. The van der Waals surface area contributed by atoms with E-state index in [0.29, 0.717) is 30.0 Å². The van der Waals surface area contributed by atoms with Crippen molar-refractivity contribution >= 4 is 16.6 Å². The van der Waals surface area contributed by atoms with Gasteiger partial charge in [-0.25, -0.2) is 4.98 Å². The molecule has 0 spiro atoms. The van der Waals surface area contributed by atoms with Gasteiger partial charge in [-0.3, -0.25) is 0 Å². The van der Waals surface area contributed by atoms with Crippen LogP contribution in [0.3, 0.4) is 0 Å². The summed E-state index contributed by atoms with van der Waals surface area (Å²) < 4.78 is 5.40. The molecule has 2 heterocycles. The quantitative estimate of drug-likeness (QED) is 0.780. The number of nitriles is 1. The minimum absolute atomic E-state index is 0.156. The Hall–Kier alpha value is -3.10. The molecule has 1 saturated heterocycles. The van der Waals surface area contributed by atoms with Crippen LogP contribution in [0, 0.1) is 11.3 Å². The number of benzene rings is 2. The standard InChI is InChI=1S/C20H17N3O2/c21-13-14-11-19(16-3-1-2-4-20(16)24)22-18-6-5-15(12-17(14)18)23-7-9-25-10-8-23/h1-6,11-12,24H,7-10H2. The maximum Gasteiger partial charge on any atom is 0.124 e. The van der Waals surface area contributed by atoms with Crippen molar-refractivity contribution in [1.82, 2.24) is 4.98 Å². The van der Waals surface area contributed by atoms with E-state index in [4.69, 9.17) is 4.74 Å². The van der Waals surface area contributed by atoms with Crippen molar-refractivity contribution < 1.29 is 9.84 Å². The summed E-state index contributed by atoms with van der Waals surface area (Å²) >= 11 is 0. The topological polar surface area (TPSA) is 69.4 Å². The van der Waals surface area contributed by atoms with Crippen LogP contribution in [0.15, 0.2) is 48.5 Å². The first kappa shape index (κ1) is 15.4. The van der Waals surface area contributed by atoms with Crippen LogP contribution in [0.2, 0.25) is 0 Å². The van der Waals surface area contributed by atoms with E-state index in [9.17, 15) is 10.4 Å². The smallest absolute Gasteiger partial charge is 0.124 e. The fraction of sp³-hybridized carbons (Fsp3) is 0.200. The molecule has 5 nitrogen and oxygen atoms in total. The zero-order valence-corrected chi connectivity index (χ0v) is 13.6. The van der Waals surface area contributed by atoms with Gasteiger partial charge in [-0.05, 0) is 36.4 Å². The molecule has 1 N–H and O–H groups in total. The van der Waals surface area contributed by atoms with Crippen LogP contribution in [0.1, 0.15) is 5.56 Å². The summed E-state index contributed by atoms with van der Waals surface area (Å²) in [6.45, 7) is 3.12. The van der Waals surface area contributed by atoms with Crippen molar-refractivity contribution in [3.63, 3.8) is 0 Å². The molecule has 1 aromatic heterocycles. The number of ether oxygens (including phenoxy) is 1. The zero-order valence-electron chi connectivity index (χ0n) is 13.6. The molecule has 0 saturated carbocycles. The molecule has 5 heteroatoms. The molecular formula is C20H17N3O2. The second kappa shape index (κ2) is 6.42. The molecule has 2 aromatic carbocycles. The fourth-order valence-electron chi connectivity index (χ4n) is 3.15. The Morgan fingerprint density at radius 3 is 2.64 bits per heavy atom. The number of phenols is 1. The van der Waals surface area contributed by atoms with Gasteiger partial charge in [0.05, 0.1) is 36.1 Å². The normalized spacial score (nSPS) is 14.4. The van der Waals surface area contributed by atoms with Gasteiger partial charge in [0.1, 0.15) is 5.75 Å². The molecule has 1 aliphatic heterocycles. The highest BCUT2D eigenvalue weighted by Crippen LogP contribution is 2.32. The number of aromatic nitrogens is 1. The van der Waals surface area contributed by atoms with E-state index in [2.05, 4.69) is 16.0 Å². The highest BCUT2D eigenvalue weighted by Gasteiger charge is 2.14. The Bertz CT molecular complexity index is 972. The lowest BCUT2D eigenvalue weighted by atomic mass is 10.0. The lowest BCUT2D eigenvalue weighted by molar-refractivity contribution is 0.122. The van der Waals surface area contributed by atoms with Crippen molar-refractivity contribution in [2.24, 2.45) is 0 Å². The van der Waals surface area contributed by atoms with Gasteiger partial charge in [0.2, 0.25) is 0 Å². The van der Waals surface area contributed by atoms with Gasteiger partial charge in [0.25, 0.3) is 0 Å². The number of rotatable bonds is 2. The summed E-state index contributed by atoms with van der Waals surface area (Å²) in [5.41, 5.74) is 3.59. The predicted octanol–water partition coefficient (Wildman–Crippen LogP) is 3.32. The second-order valence-electron chi connectivity index (χ2n) is 5.98. The Balaban J connectivity index is 1.83. The average Bonchev–Trinajstić information content (AvgIpc) is 2.67. The molecular weight excluding hydrogens is 314 g/mol. The van der Waals surface area contributed by atoms with Crippen LogP contribution in [0.5, 0.6) is 5.75 Å². The molecule has 0 radical (unpaired) electrons. The second-order valence-corrected chi connectivity index (χ2v) is 5.98.